The highest BCUT2D eigenvalue weighted by molar-refractivity contribution is 7.13. The molecule has 1 rings (SSSR count). The minimum absolute atomic E-state index is 0.265. The van der Waals surface area contributed by atoms with E-state index in [-0.39, 0.29) is 12.0 Å². The number of nitrogens with zero attached hydrogens (tertiary/aromatic N) is 2. The van der Waals surface area contributed by atoms with Crippen LogP contribution in [0.4, 0.5) is 5.13 Å². The third-order valence-corrected chi connectivity index (χ3v) is 2.47. The number of rotatable bonds is 5. The molecule has 0 bridgehead atoms. The number of esters is 1. The van der Waals surface area contributed by atoms with Gasteiger partial charge in [0, 0.05) is 0 Å². The summed E-state index contributed by atoms with van der Waals surface area (Å²) < 4.78 is 4.72. The van der Waals surface area contributed by atoms with Gasteiger partial charge in [0.2, 0.25) is 5.13 Å². The third kappa shape index (κ3) is 3.83. The Kier molecular flexibility index (Phi) is 4.48. The SMILES string of the molecule is COC(=O)C(CC(C)C)Nc1nncs1. The Balaban J connectivity index is 2.60. The summed E-state index contributed by atoms with van der Waals surface area (Å²) in [6, 6.07) is -0.344. The van der Waals surface area contributed by atoms with Gasteiger partial charge in [-0.3, -0.25) is 0 Å². The summed E-state index contributed by atoms with van der Waals surface area (Å²) in [6.07, 6.45) is 0.715. The van der Waals surface area contributed by atoms with Crippen molar-refractivity contribution in [2.45, 2.75) is 26.3 Å². The molecule has 0 aliphatic rings. The normalized spacial score (nSPS) is 12.5. The van der Waals surface area contributed by atoms with E-state index in [1.165, 1.54) is 18.4 Å². The van der Waals surface area contributed by atoms with Crippen molar-refractivity contribution in [3.63, 3.8) is 0 Å². The number of methoxy groups -OCH3 is 1. The standard InChI is InChI=1S/C9H15N3O2S/c1-6(2)4-7(8(13)14-3)11-9-12-10-5-15-9/h5-7H,4H2,1-3H3,(H,11,12). The Bertz CT molecular complexity index is 300. The van der Waals surface area contributed by atoms with Gasteiger partial charge in [0.25, 0.3) is 0 Å². The molecule has 1 aromatic rings. The molecule has 1 heterocycles. The molecule has 0 aromatic carbocycles. The molecule has 0 spiro atoms. The van der Waals surface area contributed by atoms with E-state index >= 15 is 0 Å². The number of carbonyl (C=O) groups is 1. The van der Waals surface area contributed by atoms with Crippen LogP contribution in [-0.2, 0) is 9.53 Å². The number of carbonyl (C=O) groups excluding carboxylic acids is 1. The second-order valence-corrected chi connectivity index (χ2v) is 4.43. The monoisotopic (exact) mass is 229 g/mol. The topological polar surface area (TPSA) is 64.1 Å². The highest BCUT2D eigenvalue weighted by Crippen LogP contribution is 2.15. The maximum Gasteiger partial charge on any atom is 0.328 e. The van der Waals surface area contributed by atoms with E-state index in [1.54, 1.807) is 5.51 Å². The minimum Gasteiger partial charge on any atom is -0.467 e. The fourth-order valence-electron chi connectivity index (χ4n) is 1.21. The molecule has 1 unspecified atom stereocenters. The van der Waals surface area contributed by atoms with Gasteiger partial charge in [-0.05, 0) is 12.3 Å². The number of aromatic nitrogens is 2. The van der Waals surface area contributed by atoms with Gasteiger partial charge in [-0.15, -0.1) is 10.2 Å². The van der Waals surface area contributed by atoms with E-state index in [4.69, 9.17) is 4.74 Å². The zero-order valence-electron chi connectivity index (χ0n) is 9.06. The molecule has 0 saturated carbocycles. The predicted molar refractivity (Wildman–Crippen MR) is 58.8 cm³/mol. The van der Waals surface area contributed by atoms with E-state index in [0.29, 0.717) is 17.5 Å². The smallest absolute Gasteiger partial charge is 0.328 e. The van der Waals surface area contributed by atoms with Crippen LogP contribution in [0, 0.1) is 5.92 Å². The van der Waals surface area contributed by atoms with Crippen LogP contribution in [0.15, 0.2) is 5.51 Å². The molecule has 5 nitrogen and oxygen atoms in total. The van der Waals surface area contributed by atoms with Crippen LogP contribution in [0.25, 0.3) is 0 Å². The summed E-state index contributed by atoms with van der Waals surface area (Å²) in [5.41, 5.74) is 1.62. The van der Waals surface area contributed by atoms with E-state index in [9.17, 15) is 4.79 Å². The van der Waals surface area contributed by atoms with Crippen LogP contribution in [0.5, 0.6) is 0 Å². The summed E-state index contributed by atoms with van der Waals surface area (Å²) in [4.78, 5) is 11.4. The van der Waals surface area contributed by atoms with Gasteiger partial charge in [-0.25, -0.2) is 4.79 Å². The summed E-state index contributed by atoms with van der Waals surface area (Å²) in [6.45, 7) is 4.11. The number of hydrogen-bond donors (Lipinski definition) is 1. The predicted octanol–water partition coefficient (Wildman–Crippen LogP) is 1.54. The van der Waals surface area contributed by atoms with E-state index < -0.39 is 0 Å². The Labute approximate surface area is 92.9 Å². The second-order valence-electron chi connectivity index (χ2n) is 3.59. The number of nitrogens with one attached hydrogen (secondary N) is 1. The summed E-state index contributed by atoms with van der Waals surface area (Å²) in [5.74, 6) is 0.147. The summed E-state index contributed by atoms with van der Waals surface area (Å²) in [5, 5.41) is 11.2. The van der Waals surface area contributed by atoms with E-state index in [1.807, 2.05) is 0 Å². The van der Waals surface area contributed by atoms with Crippen LogP contribution in [-0.4, -0.2) is 29.3 Å². The lowest BCUT2D eigenvalue weighted by Crippen LogP contribution is -2.32. The van der Waals surface area contributed by atoms with Crippen molar-refractivity contribution in [2.24, 2.45) is 5.92 Å². The molecule has 6 heteroatoms. The van der Waals surface area contributed by atoms with Gasteiger partial charge in [0.15, 0.2) is 0 Å². The van der Waals surface area contributed by atoms with Crippen LogP contribution in [0.2, 0.25) is 0 Å². The highest BCUT2D eigenvalue weighted by Gasteiger charge is 2.21. The van der Waals surface area contributed by atoms with Gasteiger partial charge in [-0.2, -0.15) is 0 Å². The molecule has 0 saturated heterocycles. The zero-order chi connectivity index (χ0) is 11.3. The molecule has 0 radical (unpaired) electrons. The Hall–Kier alpha value is -1.17. The Morgan fingerprint density at radius 2 is 2.40 bits per heavy atom. The molecule has 1 aromatic heterocycles. The molecular formula is C9H15N3O2S. The molecule has 0 amide bonds. The lowest BCUT2D eigenvalue weighted by atomic mass is 10.0. The first-order valence-electron chi connectivity index (χ1n) is 4.74. The van der Waals surface area contributed by atoms with Crippen molar-refractivity contribution in [1.82, 2.24) is 10.2 Å². The van der Waals surface area contributed by atoms with Gasteiger partial charge >= 0.3 is 5.97 Å². The highest BCUT2D eigenvalue weighted by atomic mass is 32.1. The van der Waals surface area contributed by atoms with Gasteiger partial charge in [0.05, 0.1) is 7.11 Å². The second kappa shape index (κ2) is 5.65. The first kappa shape index (κ1) is 11.9. The van der Waals surface area contributed by atoms with Crippen molar-refractivity contribution < 1.29 is 9.53 Å². The average Bonchev–Trinajstić information content (AvgIpc) is 2.67. The van der Waals surface area contributed by atoms with Crippen molar-refractivity contribution >= 4 is 22.4 Å². The van der Waals surface area contributed by atoms with Crippen LogP contribution >= 0.6 is 11.3 Å². The maximum absolute atomic E-state index is 11.4. The zero-order valence-corrected chi connectivity index (χ0v) is 9.87. The molecular weight excluding hydrogens is 214 g/mol. The number of ether oxygens (including phenoxy) is 1. The minimum atomic E-state index is -0.344. The van der Waals surface area contributed by atoms with Crippen molar-refractivity contribution in [2.75, 3.05) is 12.4 Å². The Morgan fingerprint density at radius 1 is 1.67 bits per heavy atom. The number of hydrogen-bond acceptors (Lipinski definition) is 6. The van der Waals surface area contributed by atoms with Gasteiger partial charge in [0.1, 0.15) is 11.6 Å². The largest absolute Gasteiger partial charge is 0.467 e. The quantitative estimate of drug-likeness (QED) is 0.776. The molecule has 0 fully saturated rings. The molecule has 15 heavy (non-hydrogen) atoms. The number of anilines is 1. The molecule has 1 atom stereocenters. The average molecular weight is 229 g/mol. The van der Waals surface area contributed by atoms with Gasteiger partial charge in [-0.1, -0.05) is 25.2 Å². The van der Waals surface area contributed by atoms with Crippen LogP contribution in [0.3, 0.4) is 0 Å². The van der Waals surface area contributed by atoms with Gasteiger partial charge < -0.3 is 10.1 Å². The van der Waals surface area contributed by atoms with Crippen LogP contribution in [0.1, 0.15) is 20.3 Å². The molecule has 84 valence electrons. The van der Waals surface area contributed by atoms with Crippen molar-refractivity contribution in [3.05, 3.63) is 5.51 Å². The summed E-state index contributed by atoms with van der Waals surface area (Å²) >= 11 is 1.37. The van der Waals surface area contributed by atoms with Crippen molar-refractivity contribution in [3.8, 4) is 0 Å². The van der Waals surface area contributed by atoms with Crippen LogP contribution < -0.4 is 5.32 Å². The van der Waals surface area contributed by atoms with E-state index in [2.05, 4.69) is 29.4 Å². The summed E-state index contributed by atoms with van der Waals surface area (Å²) in [7, 11) is 1.39. The van der Waals surface area contributed by atoms with E-state index in [0.717, 1.165) is 0 Å². The maximum atomic E-state index is 11.4. The molecule has 0 aliphatic heterocycles. The van der Waals surface area contributed by atoms with Crippen molar-refractivity contribution in [1.29, 1.82) is 0 Å². The fraction of sp³-hybridized carbons (Fsp3) is 0.667. The lowest BCUT2D eigenvalue weighted by molar-refractivity contribution is -0.141. The lowest BCUT2D eigenvalue weighted by Gasteiger charge is -2.17. The Morgan fingerprint density at radius 3 is 2.87 bits per heavy atom. The first-order valence-corrected chi connectivity index (χ1v) is 5.62. The fourth-order valence-corrected chi connectivity index (χ4v) is 1.71. The molecule has 1 N–H and O–H groups in total. The third-order valence-electron chi connectivity index (χ3n) is 1.85. The first-order chi connectivity index (χ1) is 7.13. The molecule has 0 aliphatic carbocycles.